The number of carbonyl (C=O) groups excluding carboxylic acids is 1. The number of hydrogen-bond donors (Lipinski definition) is 1. The lowest BCUT2D eigenvalue weighted by Gasteiger charge is -2.21. The second-order valence-electron chi connectivity index (χ2n) is 4.78. The van der Waals surface area contributed by atoms with Crippen molar-refractivity contribution >= 4 is 37.8 Å². The van der Waals surface area contributed by atoms with E-state index in [1.54, 1.807) is 4.90 Å². The van der Waals surface area contributed by atoms with E-state index in [-0.39, 0.29) is 11.9 Å². The number of benzene rings is 1. The lowest BCUT2D eigenvalue weighted by atomic mass is 10.2. The van der Waals surface area contributed by atoms with Crippen molar-refractivity contribution in [3.8, 4) is 5.75 Å². The van der Waals surface area contributed by atoms with Crippen LogP contribution in [0.25, 0.3) is 0 Å². The van der Waals surface area contributed by atoms with Crippen LogP contribution in [0.4, 0.5) is 0 Å². The average Bonchev–Trinajstić information content (AvgIpc) is 2.46. The van der Waals surface area contributed by atoms with Gasteiger partial charge >= 0.3 is 0 Å². The fraction of sp³-hybridized carbons (Fsp3) is 0.533. The van der Waals surface area contributed by atoms with E-state index < -0.39 is 0 Å². The highest BCUT2D eigenvalue weighted by atomic mass is 79.9. The van der Waals surface area contributed by atoms with Crippen LogP contribution in [0, 0.1) is 0 Å². The predicted molar refractivity (Wildman–Crippen MR) is 92.6 cm³/mol. The van der Waals surface area contributed by atoms with E-state index in [0.717, 1.165) is 20.3 Å². The fourth-order valence-corrected chi connectivity index (χ4v) is 3.35. The lowest BCUT2D eigenvalue weighted by Crippen LogP contribution is -2.42. The highest BCUT2D eigenvalue weighted by Crippen LogP contribution is 2.34. The predicted octanol–water partition coefficient (Wildman–Crippen LogP) is 3.57. The first-order valence-electron chi connectivity index (χ1n) is 6.99. The van der Waals surface area contributed by atoms with E-state index in [4.69, 9.17) is 4.74 Å². The van der Waals surface area contributed by atoms with E-state index in [1.165, 1.54) is 0 Å². The maximum absolute atomic E-state index is 12.0. The van der Waals surface area contributed by atoms with Crippen LogP contribution < -0.4 is 10.1 Å². The molecule has 6 heteroatoms. The van der Waals surface area contributed by atoms with E-state index in [0.29, 0.717) is 19.7 Å². The molecule has 1 aromatic carbocycles. The molecule has 0 aliphatic heterocycles. The molecule has 1 N–H and O–H groups in total. The van der Waals surface area contributed by atoms with E-state index in [1.807, 2.05) is 40.0 Å². The molecule has 0 bridgehead atoms. The van der Waals surface area contributed by atoms with Gasteiger partial charge in [0.05, 0.1) is 21.6 Å². The summed E-state index contributed by atoms with van der Waals surface area (Å²) in [7, 11) is 1.81. The van der Waals surface area contributed by atoms with Crippen molar-refractivity contribution in [2.24, 2.45) is 0 Å². The number of nitrogens with one attached hydrogen (secondary N) is 1. The average molecular weight is 422 g/mol. The Hall–Kier alpha value is -0.590. The van der Waals surface area contributed by atoms with E-state index >= 15 is 0 Å². The SMILES string of the molecule is CCOc1c(Br)cc(CNC(C)C(=O)N(C)CC)cc1Br. The minimum atomic E-state index is -0.209. The molecule has 1 aromatic rings. The Morgan fingerprint density at radius 3 is 2.38 bits per heavy atom. The lowest BCUT2D eigenvalue weighted by molar-refractivity contribution is -0.131. The number of amides is 1. The number of carbonyl (C=O) groups is 1. The van der Waals surface area contributed by atoms with E-state index in [9.17, 15) is 4.79 Å². The molecule has 0 fully saturated rings. The number of hydrogen-bond acceptors (Lipinski definition) is 3. The van der Waals surface area contributed by atoms with Gasteiger partial charge in [0.1, 0.15) is 5.75 Å². The first kappa shape index (κ1) is 18.5. The molecular formula is C15H22Br2N2O2. The van der Waals surface area contributed by atoms with Crippen molar-refractivity contribution in [2.75, 3.05) is 20.2 Å². The Bertz CT molecular complexity index is 472. The third-order valence-electron chi connectivity index (χ3n) is 3.18. The van der Waals surface area contributed by atoms with Crippen molar-refractivity contribution in [3.63, 3.8) is 0 Å². The Morgan fingerprint density at radius 1 is 1.33 bits per heavy atom. The van der Waals surface area contributed by atoms with Crippen LogP contribution in [0.15, 0.2) is 21.1 Å². The second kappa shape index (κ2) is 8.76. The molecule has 0 spiro atoms. The number of halogens is 2. The van der Waals surface area contributed by atoms with Gasteiger partial charge in [-0.25, -0.2) is 0 Å². The minimum Gasteiger partial charge on any atom is -0.492 e. The van der Waals surface area contributed by atoms with Gasteiger partial charge < -0.3 is 15.0 Å². The van der Waals surface area contributed by atoms with Crippen molar-refractivity contribution in [1.29, 1.82) is 0 Å². The van der Waals surface area contributed by atoms with Crippen molar-refractivity contribution in [3.05, 3.63) is 26.6 Å². The van der Waals surface area contributed by atoms with Gasteiger partial charge in [0.2, 0.25) is 5.91 Å². The molecule has 21 heavy (non-hydrogen) atoms. The smallest absolute Gasteiger partial charge is 0.239 e. The van der Waals surface area contributed by atoms with Crippen molar-refractivity contribution < 1.29 is 9.53 Å². The van der Waals surface area contributed by atoms with Gasteiger partial charge in [0.25, 0.3) is 0 Å². The molecule has 0 radical (unpaired) electrons. The summed E-state index contributed by atoms with van der Waals surface area (Å²) < 4.78 is 7.36. The van der Waals surface area contributed by atoms with Crippen LogP contribution in [-0.2, 0) is 11.3 Å². The molecule has 1 atom stereocenters. The van der Waals surface area contributed by atoms with Gasteiger partial charge in [-0.2, -0.15) is 0 Å². The van der Waals surface area contributed by atoms with Gasteiger partial charge in [-0.15, -0.1) is 0 Å². The maximum atomic E-state index is 12.0. The Balaban J connectivity index is 2.70. The van der Waals surface area contributed by atoms with Crippen LogP contribution in [0.3, 0.4) is 0 Å². The molecule has 1 unspecified atom stereocenters. The van der Waals surface area contributed by atoms with Crippen LogP contribution in [-0.4, -0.2) is 37.0 Å². The number of ether oxygens (including phenoxy) is 1. The molecular weight excluding hydrogens is 400 g/mol. The summed E-state index contributed by atoms with van der Waals surface area (Å²) >= 11 is 7.02. The molecule has 1 rings (SSSR count). The Kier molecular flexibility index (Phi) is 7.70. The second-order valence-corrected chi connectivity index (χ2v) is 6.49. The first-order valence-corrected chi connectivity index (χ1v) is 8.58. The first-order chi connectivity index (χ1) is 9.90. The molecule has 0 saturated carbocycles. The topological polar surface area (TPSA) is 41.6 Å². The molecule has 0 heterocycles. The molecule has 0 aliphatic carbocycles. The zero-order valence-corrected chi connectivity index (χ0v) is 16.0. The summed E-state index contributed by atoms with van der Waals surface area (Å²) in [6, 6.07) is 3.80. The Morgan fingerprint density at radius 2 is 1.90 bits per heavy atom. The monoisotopic (exact) mass is 420 g/mol. The van der Waals surface area contributed by atoms with Gasteiger partial charge in [-0.05, 0) is 70.3 Å². The summed E-state index contributed by atoms with van der Waals surface area (Å²) in [5.74, 6) is 0.901. The van der Waals surface area contributed by atoms with Gasteiger partial charge in [-0.3, -0.25) is 4.79 Å². The number of likely N-dealkylation sites (N-methyl/N-ethyl adjacent to an activating group) is 1. The summed E-state index contributed by atoms with van der Waals surface area (Å²) in [6.45, 7) is 7.74. The van der Waals surface area contributed by atoms with Crippen molar-refractivity contribution in [2.45, 2.75) is 33.4 Å². The van der Waals surface area contributed by atoms with Gasteiger partial charge in [0.15, 0.2) is 0 Å². The van der Waals surface area contributed by atoms with Crippen molar-refractivity contribution in [1.82, 2.24) is 10.2 Å². The third-order valence-corrected chi connectivity index (χ3v) is 4.36. The summed E-state index contributed by atoms with van der Waals surface area (Å²) in [5, 5.41) is 3.25. The van der Waals surface area contributed by atoms with Crippen LogP contribution in [0.1, 0.15) is 26.3 Å². The summed E-state index contributed by atoms with van der Waals surface area (Å²) in [5.41, 5.74) is 1.08. The number of nitrogens with zero attached hydrogens (tertiary/aromatic N) is 1. The highest BCUT2D eigenvalue weighted by molar-refractivity contribution is 9.11. The largest absolute Gasteiger partial charge is 0.492 e. The molecule has 4 nitrogen and oxygen atoms in total. The molecule has 1 amide bonds. The Labute approximate surface area is 143 Å². The quantitative estimate of drug-likeness (QED) is 0.731. The van der Waals surface area contributed by atoms with Crippen LogP contribution in [0.5, 0.6) is 5.75 Å². The third kappa shape index (κ3) is 5.27. The standard InChI is InChI=1S/C15H22Br2N2O2/c1-5-19(4)15(20)10(3)18-9-11-7-12(16)14(21-6-2)13(17)8-11/h7-8,10,18H,5-6,9H2,1-4H3. The summed E-state index contributed by atoms with van der Waals surface area (Å²) in [6.07, 6.45) is 0. The fourth-order valence-electron chi connectivity index (χ4n) is 1.84. The highest BCUT2D eigenvalue weighted by Gasteiger charge is 2.16. The number of rotatable bonds is 7. The normalized spacial score (nSPS) is 12.1. The van der Waals surface area contributed by atoms with Crippen LogP contribution in [0.2, 0.25) is 0 Å². The van der Waals surface area contributed by atoms with Crippen LogP contribution >= 0.6 is 31.9 Å². The molecule has 118 valence electrons. The molecule has 0 aliphatic rings. The van der Waals surface area contributed by atoms with Gasteiger partial charge in [0, 0.05) is 20.1 Å². The molecule has 0 aromatic heterocycles. The maximum Gasteiger partial charge on any atom is 0.239 e. The van der Waals surface area contributed by atoms with E-state index in [2.05, 4.69) is 37.2 Å². The molecule has 0 saturated heterocycles. The zero-order valence-electron chi connectivity index (χ0n) is 12.9. The minimum absolute atomic E-state index is 0.0987. The zero-order chi connectivity index (χ0) is 16.0. The van der Waals surface area contributed by atoms with Gasteiger partial charge in [-0.1, -0.05) is 0 Å². The summed E-state index contributed by atoms with van der Waals surface area (Å²) in [4.78, 5) is 13.7.